The monoisotopic (exact) mass is 396 g/mol. The van der Waals surface area contributed by atoms with Gasteiger partial charge in [0.15, 0.2) is 0 Å². The highest BCUT2D eigenvalue weighted by Crippen LogP contribution is 2.40. The molecule has 0 spiro atoms. The molecule has 1 aromatic carbocycles. The minimum absolute atomic E-state index is 0.173. The van der Waals surface area contributed by atoms with E-state index in [2.05, 4.69) is 39.0 Å². The van der Waals surface area contributed by atoms with E-state index in [1.54, 1.807) is 12.1 Å². The molecule has 1 aliphatic carbocycles. The minimum atomic E-state index is -0.180. The predicted octanol–water partition coefficient (Wildman–Crippen LogP) is 4.21. The Morgan fingerprint density at radius 1 is 1.38 bits per heavy atom. The molecule has 110 valence electrons. The second kappa shape index (κ2) is 6.40. The van der Waals surface area contributed by atoms with Crippen molar-refractivity contribution in [3.05, 3.63) is 62.7 Å². The normalized spacial score (nSPS) is 19.1. The summed E-state index contributed by atoms with van der Waals surface area (Å²) in [6, 6.07) is 9.40. The van der Waals surface area contributed by atoms with E-state index in [0.717, 1.165) is 22.0 Å². The number of nitrogens with zero attached hydrogens (tertiary/aromatic N) is 1. The molecule has 1 heterocycles. The zero-order valence-corrected chi connectivity index (χ0v) is 14.1. The molecule has 2 atom stereocenters. The highest BCUT2D eigenvalue weighted by atomic mass is 127. The van der Waals surface area contributed by atoms with E-state index < -0.39 is 0 Å². The molecule has 0 saturated heterocycles. The van der Waals surface area contributed by atoms with Gasteiger partial charge in [0, 0.05) is 27.4 Å². The molecular weight excluding hydrogens is 378 g/mol. The first-order valence-corrected chi connectivity index (χ1v) is 8.34. The molecule has 1 aliphatic rings. The van der Waals surface area contributed by atoms with Crippen LogP contribution in [0.3, 0.4) is 0 Å². The van der Waals surface area contributed by atoms with Gasteiger partial charge in [0.25, 0.3) is 0 Å². The fraction of sp³-hybridized carbons (Fsp3) is 0.353. The van der Waals surface area contributed by atoms with Gasteiger partial charge < -0.3 is 5.32 Å². The molecular formula is C17H18FIN2. The minimum Gasteiger partial charge on any atom is -0.312 e. The van der Waals surface area contributed by atoms with Crippen LogP contribution in [0.1, 0.15) is 41.6 Å². The Morgan fingerprint density at radius 3 is 3.00 bits per heavy atom. The predicted molar refractivity (Wildman–Crippen MR) is 90.8 cm³/mol. The number of nitrogens with one attached hydrogen (secondary N) is 1. The quantitative estimate of drug-likeness (QED) is 0.787. The number of fused-ring (bicyclic) bond motifs is 1. The summed E-state index contributed by atoms with van der Waals surface area (Å²) in [5.41, 5.74) is 3.71. The van der Waals surface area contributed by atoms with Crippen molar-refractivity contribution in [1.29, 1.82) is 0 Å². The summed E-state index contributed by atoms with van der Waals surface area (Å²) >= 11 is 2.22. The molecule has 0 amide bonds. The molecule has 2 unspecified atom stereocenters. The molecule has 0 radical (unpaired) electrons. The molecule has 2 nitrogen and oxygen atoms in total. The van der Waals surface area contributed by atoms with Crippen LogP contribution >= 0.6 is 22.6 Å². The number of hydrogen-bond donors (Lipinski definition) is 1. The van der Waals surface area contributed by atoms with E-state index in [4.69, 9.17) is 0 Å². The van der Waals surface area contributed by atoms with Crippen LogP contribution in [0.5, 0.6) is 0 Å². The van der Waals surface area contributed by atoms with Gasteiger partial charge in [-0.1, -0.05) is 12.1 Å². The van der Waals surface area contributed by atoms with Gasteiger partial charge in [-0.25, -0.2) is 4.39 Å². The topological polar surface area (TPSA) is 24.9 Å². The standard InChI is InChI=1S/C17H18FIN2/c1-20-17(13-8-7-12(18)10-15(13)19)14-6-2-4-11-5-3-9-21-16(11)14/h3,5,7-10,14,17,20H,2,4,6H2,1H3. The van der Waals surface area contributed by atoms with E-state index in [-0.39, 0.29) is 11.9 Å². The number of benzene rings is 1. The average molecular weight is 396 g/mol. The highest BCUT2D eigenvalue weighted by molar-refractivity contribution is 14.1. The fourth-order valence-electron chi connectivity index (χ4n) is 3.30. The molecule has 0 fully saturated rings. The lowest BCUT2D eigenvalue weighted by Gasteiger charge is -2.32. The van der Waals surface area contributed by atoms with Crippen LogP contribution in [0.25, 0.3) is 0 Å². The third-order valence-corrected chi connectivity index (χ3v) is 5.18. The second-order valence-electron chi connectivity index (χ2n) is 5.48. The molecule has 1 N–H and O–H groups in total. The van der Waals surface area contributed by atoms with Crippen LogP contribution < -0.4 is 5.32 Å². The SMILES string of the molecule is CNC(c1ccc(F)cc1I)C1CCCc2cccnc21. The number of likely N-dealkylation sites (N-methyl/N-ethyl adjacent to an activating group) is 1. The lowest BCUT2D eigenvalue weighted by molar-refractivity contribution is 0.414. The van der Waals surface area contributed by atoms with Gasteiger partial charge in [0.05, 0.1) is 0 Å². The summed E-state index contributed by atoms with van der Waals surface area (Å²) < 4.78 is 14.3. The van der Waals surface area contributed by atoms with E-state index in [9.17, 15) is 4.39 Å². The van der Waals surface area contributed by atoms with E-state index in [1.807, 2.05) is 25.4 Å². The summed E-state index contributed by atoms with van der Waals surface area (Å²) in [6.07, 6.45) is 5.28. The molecule has 2 aromatic rings. The maximum atomic E-state index is 13.4. The number of halogens is 2. The van der Waals surface area contributed by atoms with Crippen LogP contribution in [0.4, 0.5) is 4.39 Å². The van der Waals surface area contributed by atoms with Crippen molar-refractivity contribution < 1.29 is 4.39 Å². The van der Waals surface area contributed by atoms with Crippen molar-refractivity contribution in [2.45, 2.75) is 31.2 Å². The van der Waals surface area contributed by atoms with Gasteiger partial charge in [0.2, 0.25) is 0 Å². The number of aryl methyl sites for hydroxylation is 1. The third kappa shape index (κ3) is 2.97. The van der Waals surface area contributed by atoms with Gasteiger partial charge >= 0.3 is 0 Å². The fourth-order valence-corrected chi connectivity index (χ4v) is 4.11. The van der Waals surface area contributed by atoms with Crippen molar-refractivity contribution in [3.63, 3.8) is 0 Å². The lowest BCUT2D eigenvalue weighted by Crippen LogP contribution is -2.28. The number of pyridine rings is 1. The number of hydrogen-bond acceptors (Lipinski definition) is 2. The van der Waals surface area contributed by atoms with Gasteiger partial charge in [0.1, 0.15) is 5.82 Å². The van der Waals surface area contributed by atoms with Gasteiger partial charge in [-0.05, 0) is 78.2 Å². The zero-order valence-electron chi connectivity index (χ0n) is 11.9. The molecule has 1 aromatic heterocycles. The molecule has 4 heteroatoms. The van der Waals surface area contributed by atoms with Crippen LogP contribution in [0, 0.1) is 9.39 Å². The Hall–Kier alpha value is -1.01. The van der Waals surface area contributed by atoms with Crippen LogP contribution in [-0.2, 0) is 6.42 Å². The third-order valence-electron chi connectivity index (χ3n) is 4.25. The summed E-state index contributed by atoms with van der Waals surface area (Å²) in [7, 11) is 1.97. The largest absolute Gasteiger partial charge is 0.312 e. The summed E-state index contributed by atoms with van der Waals surface area (Å²) in [5.74, 6) is 0.166. The molecule has 0 saturated carbocycles. The van der Waals surface area contributed by atoms with Gasteiger partial charge in [-0.2, -0.15) is 0 Å². The maximum Gasteiger partial charge on any atom is 0.124 e. The lowest BCUT2D eigenvalue weighted by atomic mass is 9.79. The Balaban J connectivity index is 2.01. The summed E-state index contributed by atoms with van der Waals surface area (Å²) in [4.78, 5) is 4.63. The molecule has 0 aliphatic heterocycles. The Kier molecular flexibility index (Phi) is 4.54. The summed E-state index contributed by atoms with van der Waals surface area (Å²) in [5, 5.41) is 3.42. The van der Waals surface area contributed by atoms with Gasteiger partial charge in [-0.3, -0.25) is 4.98 Å². The number of rotatable bonds is 3. The summed E-state index contributed by atoms with van der Waals surface area (Å²) in [6.45, 7) is 0. The first-order valence-electron chi connectivity index (χ1n) is 7.26. The van der Waals surface area contributed by atoms with E-state index >= 15 is 0 Å². The highest BCUT2D eigenvalue weighted by Gasteiger charge is 2.30. The van der Waals surface area contributed by atoms with Crippen LogP contribution in [0.15, 0.2) is 36.5 Å². The Bertz CT molecular complexity index is 644. The number of aromatic nitrogens is 1. The Morgan fingerprint density at radius 2 is 2.24 bits per heavy atom. The van der Waals surface area contributed by atoms with Gasteiger partial charge in [-0.15, -0.1) is 0 Å². The second-order valence-corrected chi connectivity index (χ2v) is 6.64. The van der Waals surface area contributed by atoms with Crippen molar-refractivity contribution in [2.75, 3.05) is 7.05 Å². The van der Waals surface area contributed by atoms with Crippen LogP contribution in [0.2, 0.25) is 0 Å². The Labute approximate surface area is 138 Å². The molecule has 3 rings (SSSR count). The van der Waals surface area contributed by atoms with Crippen molar-refractivity contribution >= 4 is 22.6 Å². The van der Waals surface area contributed by atoms with Crippen molar-refractivity contribution in [1.82, 2.24) is 10.3 Å². The van der Waals surface area contributed by atoms with Crippen LogP contribution in [-0.4, -0.2) is 12.0 Å². The average Bonchev–Trinajstić information content (AvgIpc) is 2.50. The van der Waals surface area contributed by atoms with Crippen molar-refractivity contribution in [2.24, 2.45) is 0 Å². The first kappa shape index (κ1) is 14.9. The van der Waals surface area contributed by atoms with E-state index in [0.29, 0.717) is 5.92 Å². The zero-order chi connectivity index (χ0) is 14.8. The maximum absolute atomic E-state index is 13.4. The molecule has 0 bridgehead atoms. The van der Waals surface area contributed by atoms with E-state index in [1.165, 1.54) is 17.7 Å². The van der Waals surface area contributed by atoms with Crippen molar-refractivity contribution in [3.8, 4) is 0 Å². The molecule has 21 heavy (non-hydrogen) atoms. The first-order chi connectivity index (χ1) is 10.2. The smallest absolute Gasteiger partial charge is 0.124 e.